The second-order valence-electron chi connectivity index (χ2n) is 20.3. The van der Waals surface area contributed by atoms with Crippen LogP contribution >= 0.6 is 22.6 Å². The van der Waals surface area contributed by atoms with Crippen molar-refractivity contribution in [1.29, 1.82) is 0 Å². The van der Waals surface area contributed by atoms with E-state index < -0.39 is 22.7 Å². The fourth-order valence-electron chi connectivity index (χ4n) is 6.94. The van der Waals surface area contributed by atoms with Gasteiger partial charge in [0, 0.05) is 24.2 Å². The Morgan fingerprint density at radius 1 is 0.797 bits per heavy atom. The van der Waals surface area contributed by atoms with Gasteiger partial charge in [-0.1, -0.05) is 166 Å². The Labute approximate surface area is 378 Å². The van der Waals surface area contributed by atoms with E-state index in [1.807, 2.05) is 40.5 Å². The van der Waals surface area contributed by atoms with Gasteiger partial charge >= 0.3 is 0 Å². The molecule has 0 bridgehead atoms. The zero-order valence-electron chi connectivity index (χ0n) is 40.4. The lowest BCUT2D eigenvalue weighted by Gasteiger charge is -2.44. The van der Waals surface area contributed by atoms with Crippen LogP contribution in [-0.2, 0) is 25.0 Å². The summed E-state index contributed by atoms with van der Waals surface area (Å²) < 4.78 is 28.1. The number of methoxy groups -OCH3 is 1. The van der Waals surface area contributed by atoms with Crippen molar-refractivity contribution in [2.24, 2.45) is 35.5 Å². The number of aliphatic hydroxyl groups is 1. The molecule has 9 heteroatoms. The van der Waals surface area contributed by atoms with Crippen LogP contribution in [-0.4, -0.2) is 59.1 Å². The first kappa shape index (κ1) is 55.4. The third kappa shape index (κ3) is 18.3. The molecular weight excluding hydrogens is 880 g/mol. The topological polar surface area (TPSA) is 74.2 Å². The SMILES string of the molecule is C=C/C=C\[C@H](C)[C@H](O)[C@@H](C)[C@H](O[Si](C)(C)C(C)(C)C)[C@@H](C)C/C(C)=C\[C@H](C)[C@@H](O[Si](C)(C)C(C)(C)C)[C@@H](C)/C=C/C(=O)C[C@H](OCc1ccc(OC)cc1)[C@H](C)/C=C/I. The summed E-state index contributed by atoms with van der Waals surface area (Å²) in [6.45, 7) is 42.3. The molecule has 1 rings (SSSR count). The summed E-state index contributed by atoms with van der Waals surface area (Å²) in [7, 11) is -2.68. The lowest BCUT2D eigenvalue weighted by Crippen LogP contribution is -2.49. The summed E-state index contributed by atoms with van der Waals surface area (Å²) in [5.41, 5.74) is 2.31. The summed E-state index contributed by atoms with van der Waals surface area (Å²) >= 11 is 2.22. The van der Waals surface area contributed by atoms with E-state index in [9.17, 15) is 9.90 Å². The van der Waals surface area contributed by atoms with Crippen molar-refractivity contribution >= 4 is 45.0 Å². The molecule has 1 aromatic carbocycles. The van der Waals surface area contributed by atoms with Crippen LogP contribution < -0.4 is 4.74 Å². The Morgan fingerprint density at radius 3 is 1.83 bits per heavy atom. The summed E-state index contributed by atoms with van der Waals surface area (Å²) in [6, 6.07) is 7.85. The number of ether oxygens (including phenoxy) is 2. The molecule has 0 saturated heterocycles. The number of allylic oxidation sites excluding steroid dienone is 4. The molecule has 0 aliphatic heterocycles. The molecule has 1 N–H and O–H groups in total. The molecule has 0 radical (unpaired) electrons. The zero-order chi connectivity index (χ0) is 45.5. The highest BCUT2D eigenvalue weighted by Crippen LogP contribution is 2.42. The van der Waals surface area contributed by atoms with Gasteiger partial charge in [0.05, 0.1) is 38.1 Å². The summed E-state index contributed by atoms with van der Waals surface area (Å²) in [5, 5.41) is 11.6. The minimum atomic E-state index is -2.18. The smallest absolute Gasteiger partial charge is 0.192 e. The van der Waals surface area contributed by atoms with Crippen LogP contribution in [0.15, 0.2) is 83.0 Å². The average Bonchev–Trinajstić information content (AvgIpc) is 3.14. The first-order valence-electron chi connectivity index (χ1n) is 21.8. The van der Waals surface area contributed by atoms with Gasteiger partial charge < -0.3 is 23.4 Å². The molecule has 0 spiro atoms. The second kappa shape index (κ2) is 24.9. The highest BCUT2D eigenvalue weighted by Gasteiger charge is 2.44. The van der Waals surface area contributed by atoms with Crippen molar-refractivity contribution in [1.82, 2.24) is 0 Å². The molecule has 0 unspecified atom stereocenters. The average molecular weight is 965 g/mol. The molecule has 0 fully saturated rings. The van der Waals surface area contributed by atoms with Gasteiger partial charge in [-0.05, 0) is 95.2 Å². The normalized spacial score (nSPS) is 18.9. The fourth-order valence-corrected chi connectivity index (χ4v) is 10.5. The van der Waals surface area contributed by atoms with Crippen molar-refractivity contribution in [3.05, 3.63) is 88.6 Å². The van der Waals surface area contributed by atoms with Crippen molar-refractivity contribution < 1.29 is 28.2 Å². The number of hydrogen-bond acceptors (Lipinski definition) is 6. The standard InChI is InChI=1S/C50H85IO6Si2/c1-20-21-22-37(4)46(53)41(8)48(57-59(18,19)50(12,13)14)40(7)32-35(2)31-39(6)47(56-58(16,17)49(9,10)11)38(5)23-26-43(52)33-45(36(3)29-30-51)55-34-42-24-27-44(54-15)28-25-42/h20-31,36-41,45-48,53H,1,32-34H2,2-19H3/b22-21-,26-23+,30-29+,35-31-/t36-,37+,38+,39+,40+,41-,45+,46+,47+,48-/m1/s1. The number of hydrogen-bond donors (Lipinski definition) is 1. The van der Waals surface area contributed by atoms with E-state index >= 15 is 0 Å². The molecule has 0 saturated carbocycles. The number of rotatable bonds is 25. The van der Waals surface area contributed by atoms with E-state index in [-0.39, 0.29) is 76.1 Å². The van der Waals surface area contributed by atoms with Crippen LogP contribution in [0.5, 0.6) is 5.75 Å². The van der Waals surface area contributed by atoms with Gasteiger partial charge in [-0.2, -0.15) is 0 Å². The summed E-state index contributed by atoms with van der Waals surface area (Å²) in [6.07, 6.45) is 14.1. The maximum atomic E-state index is 13.6. The van der Waals surface area contributed by atoms with Gasteiger partial charge in [0.15, 0.2) is 22.4 Å². The molecule has 0 amide bonds. The highest BCUT2D eigenvalue weighted by atomic mass is 127. The Hall–Kier alpha value is -1.61. The first-order valence-corrected chi connectivity index (χ1v) is 28.9. The first-order chi connectivity index (χ1) is 27.1. The van der Waals surface area contributed by atoms with E-state index in [1.54, 1.807) is 19.3 Å². The summed E-state index contributed by atoms with van der Waals surface area (Å²) in [5.74, 6) is 1.07. The maximum Gasteiger partial charge on any atom is 0.192 e. The monoisotopic (exact) mass is 964 g/mol. The van der Waals surface area contributed by atoms with Crippen LogP contribution in [0.4, 0.5) is 0 Å². The van der Waals surface area contributed by atoms with Crippen LogP contribution in [0.3, 0.4) is 0 Å². The number of benzene rings is 1. The lowest BCUT2D eigenvalue weighted by molar-refractivity contribution is -0.118. The number of carbonyl (C=O) groups is 1. The maximum absolute atomic E-state index is 13.6. The fraction of sp³-hybridized carbons (Fsp3) is 0.660. The van der Waals surface area contributed by atoms with E-state index in [2.05, 4.69) is 164 Å². The quantitative estimate of drug-likeness (QED) is 0.0346. The largest absolute Gasteiger partial charge is 0.497 e. The van der Waals surface area contributed by atoms with E-state index in [4.69, 9.17) is 18.3 Å². The Morgan fingerprint density at radius 2 is 1.34 bits per heavy atom. The molecule has 6 nitrogen and oxygen atoms in total. The van der Waals surface area contributed by atoms with Gasteiger partial charge in [-0.25, -0.2) is 0 Å². The third-order valence-corrected chi connectivity index (χ3v) is 22.3. The van der Waals surface area contributed by atoms with Crippen LogP contribution in [0, 0.1) is 35.5 Å². The number of halogens is 1. The Bertz CT molecular complexity index is 1530. The minimum absolute atomic E-state index is 0.00942. The van der Waals surface area contributed by atoms with Crippen molar-refractivity contribution in [3.8, 4) is 5.75 Å². The lowest BCUT2D eigenvalue weighted by atomic mass is 9.81. The summed E-state index contributed by atoms with van der Waals surface area (Å²) in [4.78, 5) is 13.6. The van der Waals surface area contributed by atoms with Gasteiger partial charge in [-0.15, -0.1) is 0 Å². The number of aliphatic hydroxyl groups excluding tert-OH is 1. The van der Waals surface area contributed by atoms with Crippen LogP contribution in [0.1, 0.15) is 108 Å². The van der Waals surface area contributed by atoms with Crippen LogP contribution in [0.2, 0.25) is 36.3 Å². The Kier molecular flexibility index (Phi) is 23.4. The van der Waals surface area contributed by atoms with Crippen molar-refractivity contribution in [3.63, 3.8) is 0 Å². The number of carbonyl (C=O) groups excluding carboxylic acids is 1. The number of ketones is 1. The molecule has 0 heterocycles. The van der Waals surface area contributed by atoms with Crippen LogP contribution in [0.25, 0.3) is 0 Å². The van der Waals surface area contributed by atoms with Gasteiger partial charge in [0.1, 0.15) is 5.75 Å². The third-order valence-electron chi connectivity index (χ3n) is 13.0. The highest BCUT2D eigenvalue weighted by molar-refractivity contribution is 14.1. The molecule has 0 aliphatic carbocycles. The van der Waals surface area contributed by atoms with Crippen molar-refractivity contribution in [2.75, 3.05) is 7.11 Å². The minimum Gasteiger partial charge on any atom is -0.497 e. The zero-order valence-corrected chi connectivity index (χ0v) is 44.6. The molecule has 1 aromatic rings. The molecule has 0 aliphatic rings. The van der Waals surface area contributed by atoms with E-state index in [0.717, 1.165) is 17.7 Å². The van der Waals surface area contributed by atoms with Gasteiger partial charge in [-0.3, -0.25) is 4.79 Å². The predicted octanol–water partition coefficient (Wildman–Crippen LogP) is 14.1. The van der Waals surface area contributed by atoms with Crippen molar-refractivity contribution in [2.45, 2.75) is 170 Å². The predicted molar refractivity (Wildman–Crippen MR) is 266 cm³/mol. The molecule has 0 aromatic heterocycles. The molecule has 10 atom stereocenters. The molecule has 59 heavy (non-hydrogen) atoms. The van der Waals surface area contributed by atoms with E-state index in [1.165, 1.54) is 5.57 Å². The van der Waals surface area contributed by atoms with Gasteiger partial charge in [0.2, 0.25) is 0 Å². The Balaban J connectivity index is 3.42. The molecule has 336 valence electrons. The van der Waals surface area contributed by atoms with E-state index in [0.29, 0.717) is 6.61 Å². The second-order valence-corrected chi connectivity index (χ2v) is 30.6. The molecular formula is C50H85IO6Si2. The van der Waals surface area contributed by atoms with Gasteiger partial charge in [0.25, 0.3) is 0 Å².